The smallest absolute Gasteiger partial charge is 0.275 e. The van der Waals surface area contributed by atoms with Crippen LogP contribution in [0.5, 0.6) is 0 Å². The first-order chi connectivity index (χ1) is 21.5. The zero-order valence-electron chi connectivity index (χ0n) is 24.8. The number of amides is 1. The second kappa shape index (κ2) is 13.4. The van der Waals surface area contributed by atoms with Crippen LogP contribution in [0.15, 0.2) is 109 Å². The normalized spacial score (nSPS) is 20.1. The number of carbonyl (C=O) groups is 1. The third kappa shape index (κ3) is 6.85. The molecule has 1 amide bonds. The summed E-state index contributed by atoms with van der Waals surface area (Å²) in [5.41, 5.74) is 6.29. The molecule has 5 aromatic rings. The molecule has 0 spiro atoms. The van der Waals surface area contributed by atoms with Gasteiger partial charge >= 0.3 is 0 Å². The van der Waals surface area contributed by atoms with Crippen molar-refractivity contribution in [3.05, 3.63) is 137 Å². The monoisotopic (exact) mass is 588 g/mol. The Bertz CT molecular complexity index is 1700. The minimum Gasteiger partial charge on any atom is -0.392 e. The summed E-state index contributed by atoms with van der Waals surface area (Å²) in [6.07, 6.45) is 0.581. The van der Waals surface area contributed by atoms with Gasteiger partial charge in [0, 0.05) is 30.3 Å². The Kier molecular flexibility index (Phi) is 9.04. The number of para-hydroxylation sites is 2. The van der Waals surface area contributed by atoms with Gasteiger partial charge in [-0.25, -0.2) is 4.98 Å². The minimum absolute atomic E-state index is 0.00365. The highest BCUT2D eigenvalue weighted by Gasteiger charge is 2.38. The van der Waals surface area contributed by atoms with Crippen LogP contribution >= 0.6 is 0 Å². The lowest BCUT2D eigenvalue weighted by Gasteiger charge is -2.42. The van der Waals surface area contributed by atoms with Crippen molar-refractivity contribution in [1.29, 1.82) is 0 Å². The van der Waals surface area contributed by atoms with Gasteiger partial charge in [-0.1, -0.05) is 85.8 Å². The molecule has 44 heavy (non-hydrogen) atoms. The lowest BCUT2D eigenvalue weighted by molar-refractivity contribution is -0.276. The first kappa shape index (κ1) is 29.6. The van der Waals surface area contributed by atoms with Crippen LogP contribution in [-0.2, 0) is 22.6 Å². The third-order valence-electron chi connectivity index (χ3n) is 8.03. The molecule has 1 aliphatic heterocycles. The molecule has 0 saturated carbocycles. The van der Waals surface area contributed by atoms with E-state index < -0.39 is 6.29 Å². The molecule has 2 N–H and O–H groups in total. The molecular weight excluding hydrogens is 552 g/mol. The number of nitrogens with one attached hydrogen (secondary N) is 1. The summed E-state index contributed by atoms with van der Waals surface area (Å²) in [6.45, 7) is 3.69. The number of hydrogen-bond acceptors (Lipinski definition) is 7. The first-order valence-corrected chi connectivity index (χ1v) is 14.8. The molecule has 2 heterocycles. The van der Waals surface area contributed by atoms with Crippen molar-refractivity contribution in [2.24, 2.45) is 5.92 Å². The van der Waals surface area contributed by atoms with Crippen molar-refractivity contribution >= 4 is 22.6 Å². The number of anilines is 1. The lowest BCUT2D eigenvalue weighted by atomic mass is 9.90. The summed E-state index contributed by atoms with van der Waals surface area (Å²) in [4.78, 5) is 24.0. The molecule has 0 unspecified atom stereocenters. The molecule has 0 aliphatic carbocycles. The molecule has 4 atom stereocenters. The number of fused-ring (bicyclic) bond motifs is 1. The van der Waals surface area contributed by atoms with Gasteiger partial charge in [-0.15, -0.1) is 0 Å². The summed E-state index contributed by atoms with van der Waals surface area (Å²) >= 11 is 0. The average molecular weight is 589 g/mol. The second-order valence-electron chi connectivity index (χ2n) is 11.3. The Hall–Kier alpha value is -4.47. The van der Waals surface area contributed by atoms with Gasteiger partial charge in [0.1, 0.15) is 5.69 Å². The SMILES string of the molecule is C[C@@H]1[C@H](CN(C)Cc2ccccc2)O[C@H](c2ccc(NC(=O)c3cnc4ccccc4n3)cc2)O[C@@H]1c1ccc(CO)cc1. The fourth-order valence-corrected chi connectivity index (χ4v) is 5.58. The molecule has 1 saturated heterocycles. The van der Waals surface area contributed by atoms with Crippen molar-refractivity contribution in [1.82, 2.24) is 14.9 Å². The van der Waals surface area contributed by atoms with E-state index in [1.165, 1.54) is 11.8 Å². The van der Waals surface area contributed by atoms with Crippen molar-refractivity contribution < 1.29 is 19.4 Å². The Morgan fingerprint density at radius 2 is 1.52 bits per heavy atom. The fourth-order valence-electron chi connectivity index (χ4n) is 5.58. The molecule has 0 radical (unpaired) electrons. The van der Waals surface area contributed by atoms with Crippen LogP contribution in [0.3, 0.4) is 0 Å². The number of aromatic nitrogens is 2. The van der Waals surface area contributed by atoms with Gasteiger partial charge in [0.05, 0.1) is 36.0 Å². The number of ether oxygens (including phenoxy) is 2. The van der Waals surface area contributed by atoms with E-state index in [1.807, 2.05) is 78.9 Å². The highest BCUT2D eigenvalue weighted by molar-refractivity contribution is 6.03. The van der Waals surface area contributed by atoms with E-state index in [9.17, 15) is 9.90 Å². The zero-order chi connectivity index (χ0) is 30.5. The van der Waals surface area contributed by atoms with Gasteiger partial charge < -0.3 is 19.9 Å². The van der Waals surface area contributed by atoms with E-state index in [1.54, 1.807) is 0 Å². The van der Waals surface area contributed by atoms with Crippen LogP contribution in [0.4, 0.5) is 5.69 Å². The number of nitrogens with zero attached hydrogens (tertiary/aromatic N) is 3. The highest BCUT2D eigenvalue weighted by Crippen LogP contribution is 2.42. The standard InChI is InChI=1S/C36H36N4O4/c1-24-33(22-40(2)21-25-8-4-3-5-9-25)43-36(44-34(24)27-14-12-26(23-41)13-15-27)28-16-18-29(19-17-28)38-35(42)32-20-37-30-10-6-7-11-31(30)39-32/h3-20,24,33-34,36,41H,21-23H2,1-2H3,(H,38,42)/t24-,33+,34+,36+/m1/s1. The summed E-state index contributed by atoms with van der Waals surface area (Å²) < 4.78 is 13.2. The fraction of sp³-hybridized carbons (Fsp3) is 0.250. The third-order valence-corrected chi connectivity index (χ3v) is 8.03. The Morgan fingerprint density at radius 3 is 2.25 bits per heavy atom. The van der Waals surface area contributed by atoms with Crippen LogP contribution in [0.25, 0.3) is 11.0 Å². The van der Waals surface area contributed by atoms with Gasteiger partial charge in [0.25, 0.3) is 5.91 Å². The summed E-state index contributed by atoms with van der Waals surface area (Å²) in [5.74, 6) is -0.256. The molecular formula is C36H36N4O4. The first-order valence-electron chi connectivity index (χ1n) is 14.8. The summed E-state index contributed by atoms with van der Waals surface area (Å²) in [5, 5.41) is 12.5. The number of benzene rings is 4. The molecule has 224 valence electrons. The topological polar surface area (TPSA) is 96.8 Å². The maximum Gasteiger partial charge on any atom is 0.275 e. The van der Waals surface area contributed by atoms with Gasteiger partial charge in [-0.05, 0) is 48.0 Å². The lowest BCUT2D eigenvalue weighted by Crippen LogP contribution is -2.43. The van der Waals surface area contributed by atoms with Crippen LogP contribution < -0.4 is 5.32 Å². The molecule has 1 fully saturated rings. The van der Waals surface area contributed by atoms with Crippen LogP contribution in [0.1, 0.15) is 52.1 Å². The van der Waals surface area contributed by atoms with E-state index >= 15 is 0 Å². The average Bonchev–Trinajstić information content (AvgIpc) is 3.06. The maximum absolute atomic E-state index is 12.9. The van der Waals surface area contributed by atoms with E-state index in [-0.39, 0.29) is 36.3 Å². The number of hydrogen-bond donors (Lipinski definition) is 2. The van der Waals surface area contributed by atoms with Crippen molar-refractivity contribution in [2.75, 3.05) is 18.9 Å². The Labute approximate surface area is 257 Å². The van der Waals surface area contributed by atoms with Crippen LogP contribution in [-0.4, -0.2) is 45.6 Å². The number of rotatable bonds is 9. The second-order valence-corrected chi connectivity index (χ2v) is 11.3. The van der Waals surface area contributed by atoms with Crippen LogP contribution in [0, 0.1) is 5.92 Å². The van der Waals surface area contributed by atoms with Crippen molar-refractivity contribution in [2.45, 2.75) is 38.6 Å². The quantitative estimate of drug-likeness (QED) is 0.209. The largest absolute Gasteiger partial charge is 0.392 e. The zero-order valence-corrected chi connectivity index (χ0v) is 24.8. The molecule has 0 bridgehead atoms. The van der Waals surface area contributed by atoms with E-state index in [0.29, 0.717) is 11.2 Å². The van der Waals surface area contributed by atoms with E-state index in [4.69, 9.17) is 9.47 Å². The van der Waals surface area contributed by atoms with Gasteiger partial charge in [0.15, 0.2) is 6.29 Å². The molecule has 8 heteroatoms. The van der Waals surface area contributed by atoms with E-state index in [2.05, 4.69) is 58.4 Å². The summed E-state index contributed by atoms with van der Waals surface area (Å²) in [6, 6.07) is 33.3. The molecule has 1 aliphatic rings. The molecule has 4 aromatic carbocycles. The van der Waals surface area contributed by atoms with Gasteiger partial charge in [-0.2, -0.15) is 0 Å². The number of likely N-dealkylation sites (N-methyl/N-ethyl adjacent to an activating group) is 1. The maximum atomic E-state index is 12.9. The molecule has 8 nitrogen and oxygen atoms in total. The highest BCUT2D eigenvalue weighted by atomic mass is 16.7. The van der Waals surface area contributed by atoms with Crippen molar-refractivity contribution in [3.8, 4) is 0 Å². The Morgan fingerprint density at radius 1 is 0.841 bits per heavy atom. The number of aliphatic hydroxyl groups excluding tert-OH is 1. The van der Waals surface area contributed by atoms with Crippen LogP contribution in [0.2, 0.25) is 0 Å². The minimum atomic E-state index is -0.597. The van der Waals surface area contributed by atoms with Crippen molar-refractivity contribution in [3.63, 3.8) is 0 Å². The summed E-state index contributed by atoms with van der Waals surface area (Å²) in [7, 11) is 2.11. The molecule has 6 rings (SSSR count). The van der Waals surface area contributed by atoms with E-state index in [0.717, 1.165) is 35.3 Å². The Balaban J connectivity index is 1.19. The molecule has 1 aromatic heterocycles. The predicted molar refractivity (Wildman–Crippen MR) is 170 cm³/mol. The number of carbonyl (C=O) groups excluding carboxylic acids is 1. The number of aliphatic hydroxyl groups is 1. The predicted octanol–water partition coefficient (Wildman–Crippen LogP) is 6.30. The van der Waals surface area contributed by atoms with Gasteiger partial charge in [0.2, 0.25) is 0 Å². The van der Waals surface area contributed by atoms with Gasteiger partial charge in [-0.3, -0.25) is 14.7 Å².